The van der Waals surface area contributed by atoms with E-state index in [0.29, 0.717) is 43.3 Å². The molecule has 7 heteroatoms. The van der Waals surface area contributed by atoms with Crippen molar-refractivity contribution in [2.24, 2.45) is 0 Å². The summed E-state index contributed by atoms with van der Waals surface area (Å²) in [5.74, 6) is 1.44. The van der Waals surface area contributed by atoms with Crippen molar-refractivity contribution in [3.63, 3.8) is 0 Å². The Kier molecular flexibility index (Phi) is 6.13. The maximum atomic E-state index is 12.6. The van der Waals surface area contributed by atoms with Crippen LogP contribution in [-0.2, 0) is 0 Å². The number of carbonyl (C=O) groups is 1. The van der Waals surface area contributed by atoms with Crippen molar-refractivity contribution in [3.8, 4) is 11.5 Å². The second kappa shape index (κ2) is 8.73. The van der Waals surface area contributed by atoms with Crippen LogP contribution in [0.2, 0.25) is 0 Å². The molecule has 0 saturated carbocycles. The Bertz CT molecular complexity index is 840. The zero-order valence-corrected chi connectivity index (χ0v) is 15.6. The molecule has 144 valence electrons. The number of hydrogen-bond acceptors (Lipinski definition) is 6. The number of piperazine rings is 1. The number of ether oxygens (including phenoxy) is 2. The lowest BCUT2D eigenvalue weighted by Gasteiger charge is -2.34. The van der Waals surface area contributed by atoms with Gasteiger partial charge in [-0.25, -0.2) is 0 Å². The predicted octanol–water partition coefficient (Wildman–Crippen LogP) is 1.79. The van der Waals surface area contributed by atoms with Crippen molar-refractivity contribution in [1.82, 2.24) is 9.80 Å². The standard InChI is InChI=1S/C20H24N2O5/c1-15-19(18(23)6-12-26-15)27-13-11-21-7-9-22(10-8-21)20(24)16-4-3-5-17(14-16)25-2/h3-6,12,14H,7-11,13H2,1-2H3. The molecule has 1 saturated heterocycles. The van der Waals surface area contributed by atoms with Crippen LogP contribution in [-0.4, -0.2) is 62.1 Å². The normalized spacial score (nSPS) is 14.8. The second-order valence-corrected chi connectivity index (χ2v) is 6.38. The quantitative estimate of drug-likeness (QED) is 0.770. The lowest BCUT2D eigenvalue weighted by atomic mass is 10.1. The second-order valence-electron chi connectivity index (χ2n) is 6.38. The Morgan fingerprint density at radius 2 is 1.96 bits per heavy atom. The molecule has 2 aromatic rings. The Hall–Kier alpha value is -2.80. The summed E-state index contributed by atoms with van der Waals surface area (Å²) in [5, 5.41) is 0. The first kappa shape index (κ1) is 19.0. The van der Waals surface area contributed by atoms with E-state index in [1.165, 1.54) is 12.3 Å². The summed E-state index contributed by atoms with van der Waals surface area (Å²) in [6.45, 7) is 5.64. The third kappa shape index (κ3) is 4.68. The number of aryl methyl sites for hydroxylation is 1. The molecule has 0 aliphatic carbocycles. The van der Waals surface area contributed by atoms with E-state index in [2.05, 4.69) is 4.90 Å². The number of rotatable bonds is 6. The molecule has 0 N–H and O–H groups in total. The van der Waals surface area contributed by atoms with Crippen LogP contribution in [0.5, 0.6) is 11.5 Å². The van der Waals surface area contributed by atoms with Gasteiger partial charge < -0.3 is 18.8 Å². The van der Waals surface area contributed by atoms with E-state index in [4.69, 9.17) is 13.9 Å². The van der Waals surface area contributed by atoms with Gasteiger partial charge in [-0.2, -0.15) is 0 Å². The summed E-state index contributed by atoms with van der Waals surface area (Å²) >= 11 is 0. The SMILES string of the molecule is COc1cccc(C(=O)N2CCN(CCOc3c(C)occc3=O)CC2)c1. The molecule has 1 aliphatic heterocycles. The van der Waals surface area contributed by atoms with Gasteiger partial charge in [0.2, 0.25) is 11.2 Å². The number of amides is 1. The summed E-state index contributed by atoms with van der Waals surface area (Å²) in [6, 6.07) is 8.56. The Balaban J connectivity index is 1.47. The topological polar surface area (TPSA) is 72.2 Å². The molecule has 3 rings (SSSR count). The highest BCUT2D eigenvalue weighted by molar-refractivity contribution is 5.94. The van der Waals surface area contributed by atoms with E-state index < -0.39 is 0 Å². The van der Waals surface area contributed by atoms with Gasteiger partial charge in [0, 0.05) is 44.4 Å². The van der Waals surface area contributed by atoms with Crippen molar-refractivity contribution in [3.05, 3.63) is 58.1 Å². The predicted molar refractivity (Wildman–Crippen MR) is 101 cm³/mol. The monoisotopic (exact) mass is 372 g/mol. The molecule has 1 amide bonds. The van der Waals surface area contributed by atoms with Gasteiger partial charge in [0.25, 0.3) is 5.91 Å². The summed E-state index contributed by atoms with van der Waals surface area (Å²) in [5.41, 5.74) is 0.463. The minimum absolute atomic E-state index is 0.0160. The van der Waals surface area contributed by atoms with E-state index in [1.54, 1.807) is 26.2 Å². The highest BCUT2D eigenvalue weighted by atomic mass is 16.5. The van der Waals surface area contributed by atoms with Crippen LogP contribution in [0.1, 0.15) is 16.1 Å². The largest absolute Gasteiger partial charge is 0.497 e. The molecule has 1 aliphatic rings. The molecule has 27 heavy (non-hydrogen) atoms. The van der Waals surface area contributed by atoms with Gasteiger partial charge in [-0.05, 0) is 25.1 Å². The van der Waals surface area contributed by atoms with Crippen molar-refractivity contribution in [2.75, 3.05) is 46.4 Å². The molecule has 0 bridgehead atoms. The van der Waals surface area contributed by atoms with E-state index in [0.717, 1.165) is 13.1 Å². The number of hydrogen-bond donors (Lipinski definition) is 0. The van der Waals surface area contributed by atoms with E-state index in [1.807, 2.05) is 17.0 Å². The highest BCUT2D eigenvalue weighted by Crippen LogP contribution is 2.16. The van der Waals surface area contributed by atoms with Gasteiger partial charge in [-0.3, -0.25) is 14.5 Å². The molecule has 0 radical (unpaired) electrons. The Morgan fingerprint density at radius 3 is 2.67 bits per heavy atom. The molecule has 1 aromatic carbocycles. The first-order valence-corrected chi connectivity index (χ1v) is 8.95. The molecule has 7 nitrogen and oxygen atoms in total. The van der Waals surface area contributed by atoms with Crippen molar-refractivity contribution in [1.29, 1.82) is 0 Å². The lowest BCUT2D eigenvalue weighted by Crippen LogP contribution is -2.49. The fourth-order valence-electron chi connectivity index (χ4n) is 3.06. The fraction of sp³-hybridized carbons (Fsp3) is 0.400. The van der Waals surface area contributed by atoms with Crippen LogP contribution in [0.25, 0.3) is 0 Å². The average molecular weight is 372 g/mol. The third-order valence-corrected chi connectivity index (χ3v) is 4.64. The summed E-state index contributed by atoms with van der Waals surface area (Å²) in [4.78, 5) is 28.5. The van der Waals surface area contributed by atoms with Crippen molar-refractivity contribution >= 4 is 5.91 Å². The first-order valence-electron chi connectivity index (χ1n) is 8.95. The van der Waals surface area contributed by atoms with Crippen molar-refractivity contribution < 1.29 is 18.7 Å². The molecule has 0 unspecified atom stereocenters. The number of methoxy groups -OCH3 is 1. The first-order chi connectivity index (χ1) is 13.1. The van der Waals surface area contributed by atoms with Gasteiger partial charge in [-0.15, -0.1) is 0 Å². The zero-order chi connectivity index (χ0) is 19.2. The maximum absolute atomic E-state index is 12.6. The number of nitrogens with zero attached hydrogens (tertiary/aromatic N) is 2. The summed E-state index contributed by atoms with van der Waals surface area (Å²) in [6.07, 6.45) is 1.36. The van der Waals surface area contributed by atoms with Gasteiger partial charge in [0.15, 0.2) is 0 Å². The van der Waals surface area contributed by atoms with Crippen LogP contribution in [0.15, 0.2) is 45.8 Å². The highest BCUT2D eigenvalue weighted by Gasteiger charge is 2.22. The Labute approximate surface area is 158 Å². The molecular weight excluding hydrogens is 348 g/mol. The van der Waals surface area contributed by atoms with Gasteiger partial charge >= 0.3 is 0 Å². The molecule has 0 spiro atoms. The van der Waals surface area contributed by atoms with Crippen LogP contribution in [0.3, 0.4) is 0 Å². The zero-order valence-electron chi connectivity index (χ0n) is 15.6. The number of benzene rings is 1. The summed E-state index contributed by atoms with van der Waals surface area (Å²) < 4.78 is 16.0. The van der Waals surface area contributed by atoms with E-state index in [9.17, 15) is 9.59 Å². The van der Waals surface area contributed by atoms with Gasteiger partial charge in [0.05, 0.1) is 13.4 Å². The maximum Gasteiger partial charge on any atom is 0.254 e. The van der Waals surface area contributed by atoms with Crippen LogP contribution in [0.4, 0.5) is 0 Å². The van der Waals surface area contributed by atoms with Crippen LogP contribution >= 0.6 is 0 Å². The minimum atomic E-state index is -0.174. The fourth-order valence-corrected chi connectivity index (χ4v) is 3.06. The molecule has 1 aromatic heterocycles. The average Bonchev–Trinajstić information content (AvgIpc) is 2.70. The molecule has 2 heterocycles. The number of carbonyl (C=O) groups excluding carboxylic acids is 1. The van der Waals surface area contributed by atoms with Crippen LogP contribution < -0.4 is 14.9 Å². The van der Waals surface area contributed by atoms with Gasteiger partial charge in [-0.1, -0.05) is 6.07 Å². The summed E-state index contributed by atoms with van der Waals surface area (Å²) in [7, 11) is 1.59. The van der Waals surface area contributed by atoms with Gasteiger partial charge in [0.1, 0.15) is 18.1 Å². The third-order valence-electron chi connectivity index (χ3n) is 4.64. The minimum Gasteiger partial charge on any atom is -0.497 e. The molecule has 1 fully saturated rings. The molecular formula is C20H24N2O5. The smallest absolute Gasteiger partial charge is 0.254 e. The van der Waals surface area contributed by atoms with Crippen LogP contribution in [0, 0.1) is 6.92 Å². The van der Waals surface area contributed by atoms with Crippen molar-refractivity contribution in [2.45, 2.75) is 6.92 Å². The lowest BCUT2D eigenvalue weighted by molar-refractivity contribution is 0.0619. The Morgan fingerprint density at radius 1 is 1.19 bits per heavy atom. The molecule has 0 atom stereocenters. The van der Waals surface area contributed by atoms with E-state index in [-0.39, 0.29) is 17.1 Å². The van der Waals surface area contributed by atoms with E-state index >= 15 is 0 Å².